The highest BCUT2D eigenvalue weighted by Crippen LogP contribution is 2.19. The summed E-state index contributed by atoms with van der Waals surface area (Å²) < 4.78 is 0.613. The van der Waals surface area contributed by atoms with Crippen LogP contribution in [0.15, 0.2) is 12.3 Å². The summed E-state index contributed by atoms with van der Waals surface area (Å²) in [6.07, 6.45) is 1.20. The molecule has 0 spiro atoms. The Bertz CT molecular complexity index is 376. The summed E-state index contributed by atoms with van der Waals surface area (Å²) in [4.78, 5) is 11.6. The lowest BCUT2D eigenvalue weighted by Crippen LogP contribution is -2.34. The maximum absolute atomic E-state index is 11.3. The predicted octanol–water partition coefficient (Wildman–Crippen LogP) is 0.603. The molecule has 0 radical (unpaired) electrons. The number of pyridine rings is 1. The van der Waals surface area contributed by atoms with Crippen molar-refractivity contribution in [1.29, 1.82) is 0 Å². The first-order valence-corrected chi connectivity index (χ1v) is 3.99. The molecule has 0 atom stereocenters. The van der Waals surface area contributed by atoms with Crippen LogP contribution in [0.1, 0.15) is 5.56 Å². The van der Waals surface area contributed by atoms with Crippen LogP contribution in [-0.4, -0.2) is 19.0 Å². The zero-order chi connectivity index (χ0) is 10.9. The molecule has 0 fully saturated rings. The fourth-order valence-corrected chi connectivity index (χ4v) is 1.13. The maximum Gasteiger partial charge on any atom is 0.286 e. The molecular weight excluding hydrogens is 186 g/mol. The Labute approximate surface area is 81.1 Å². The SMILES string of the molecule is Cc1c[n+]([O-])c(N(C)C)cc1[N+](=O)[O-]. The van der Waals surface area contributed by atoms with Crippen LogP contribution in [0.4, 0.5) is 11.5 Å². The Morgan fingerprint density at radius 3 is 2.50 bits per heavy atom. The summed E-state index contributed by atoms with van der Waals surface area (Å²) in [7, 11) is 3.31. The minimum absolute atomic E-state index is 0.0409. The number of aromatic nitrogens is 1. The summed E-state index contributed by atoms with van der Waals surface area (Å²) >= 11 is 0. The molecule has 0 amide bonds. The first-order valence-electron chi connectivity index (χ1n) is 3.99. The van der Waals surface area contributed by atoms with E-state index in [1.807, 2.05) is 0 Å². The average molecular weight is 197 g/mol. The summed E-state index contributed by atoms with van der Waals surface area (Å²) in [5, 5.41) is 21.9. The lowest BCUT2D eigenvalue weighted by atomic mass is 10.2. The van der Waals surface area contributed by atoms with Gasteiger partial charge < -0.3 is 5.21 Å². The van der Waals surface area contributed by atoms with Crippen molar-refractivity contribution in [3.63, 3.8) is 0 Å². The smallest absolute Gasteiger partial charge is 0.286 e. The molecule has 0 N–H and O–H groups in total. The van der Waals surface area contributed by atoms with Gasteiger partial charge >= 0.3 is 0 Å². The topological polar surface area (TPSA) is 73.3 Å². The largest absolute Gasteiger partial charge is 0.711 e. The molecule has 0 bridgehead atoms. The Morgan fingerprint density at radius 1 is 1.50 bits per heavy atom. The molecule has 0 aliphatic carbocycles. The van der Waals surface area contributed by atoms with E-state index in [9.17, 15) is 15.3 Å². The van der Waals surface area contributed by atoms with E-state index >= 15 is 0 Å². The summed E-state index contributed by atoms with van der Waals surface area (Å²) in [6.45, 7) is 1.53. The second-order valence-electron chi connectivity index (χ2n) is 3.18. The summed E-state index contributed by atoms with van der Waals surface area (Å²) in [5.74, 6) is 0.252. The molecule has 14 heavy (non-hydrogen) atoms. The van der Waals surface area contributed by atoms with Crippen molar-refractivity contribution < 1.29 is 9.65 Å². The van der Waals surface area contributed by atoms with Crippen LogP contribution in [0.5, 0.6) is 0 Å². The molecule has 0 unspecified atom stereocenters. The van der Waals surface area contributed by atoms with Crippen molar-refractivity contribution in [1.82, 2.24) is 0 Å². The third-order valence-corrected chi connectivity index (χ3v) is 1.86. The van der Waals surface area contributed by atoms with Crippen molar-refractivity contribution >= 4 is 11.5 Å². The first kappa shape index (κ1) is 10.2. The van der Waals surface area contributed by atoms with Crippen LogP contribution in [-0.2, 0) is 0 Å². The van der Waals surface area contributed by atoms with Gasteiger partial charge in [0, 0.05) is 0 Å². The first-order chi connectivity index (χ1) is 6.43. The average Bonchev–Trinajstić information content (AvgIpc) is 2.02. The molecule has 6 heteroatoms. The van der Waals surface area contributed by atoms with Gasteiger partial charge in [-0.1, -0.05) is 0 Å². The van der Waals surface area contributed by atoms with E-state index in [-0.39, 0.29) is 11.5 Å². The zero-order valence-electron chi connectivity index (χ0n) is 8.22. The molecule has 1 aromatic heterocycles. The van der Waals surface area contributed by atoms with Crippen molar-refractivity contribution in [2.75, 3.05) is 19.0 Å². The highest BCUT2D eigenvalue weighted by Gasteiger charge is 2.18. The lowest BCUT2D eigenvalue weighted by Gasteiger charge is -2.13. The number of hydrogen-bond donors (Lipinski definition) is 0. The van der Waals surface area contributed by atoms with Gasteiger partial charge in [0.05, 0.1) is 24.6 Å². The van der Waals surface area contributed by atoms with E-state index in [1.54, 1.807) is 14.1 Å². The van der Waals surface area contributed by atoms with Crippen molar-refractivity contribution in [3.8, 4) is 0 Å². The fraction of sp³-hybridized carbons (Fsp3) is 0.375. The van der Waals surface area contributed by atoms with Crippen LogP contribution in [0.25, 0.3) is 0 Å². The third-order valence-electron chi connectivity index (χ3n) is 1.86. The molecule has 0 aromatic carbocycles. The Kier molecular flexibility index (Phi) is 2.55. The van der Waals surface area contributed by atoms with Crippen molar-refractivity contribution in [3.05, 3.63) is 33.1 Å². The van der Waals surface area contributed by atoms with Gasteiger partial charge in [0.25, 0.3) is 11.5 Å². The van der Waals surface area contributed by atoms with Crippen LogP contribution in [0.2, 0.25) is 0 Å². The van der Waals surface area contributed by atoms with E-state index in [4.69, 9.17) is 0 Å². The number of anilines is 1. The molecule has 6 nitrogen and oxygen atoms in total. The molecule has 1 rings (SSSR count). The van der Waals surface area contributed by atoms with Gasteiger partial charge in [-0.25, -0.2) is 4.73 Å². The Morgan fingerprint density at radius 2 is 2.07 bits per heavy atom. The van der Waals surface area contributed by atoms with Crippen LogP contribution in [0, 0.1) is 22.2 Å². The number of nitrogens with zero attached hydrogens (tertiary/aromatic N) is 3. The van der Waals surface area contributed by atoms with Crippen LogP contribution >= 0.6 is 0 Å². The molecule has 1 aromatic rings. The van der Waals surface area contributed by atoms with E-state index < -0.39 is 4.92 Å². The third kappa shape index (κ3) is 1.73. The standard InChI is InChI=1S/C8H11N3O3/c1-6-5-10(12)8(9(2)3)4-7(6)11(13)14/h4-5H,1-3H3. The van der Waals surface area contributed by atoms with Gasteiger partial charge in [0.1, 0.15) is 12.3 Å². The van der Waals surface area contributed by atoms with E-state index in [0.717, 1.165) is 0 Å². The van der Waals surface area contributed by atoms with E-state index in [1.165, 1.54) is 24.1 Å². The Hall–Kier alpha value is -1.85. The quantitative estimate of drug-likeness (QED) is 0.301. The number of hydrogen-bond acceptors (Lipinski definition) is 4. The van der Waals surface area contributed by atoms with Crippen molar-refractivity contribution in [2.24, 2.45) is 0 Å². The lowest BCUT2D eigenvalue weighted by molar-refractivity contribution is -0.593. The zero-order valence-corrected chi connectivity index (χ0v) is 8.22. The van der Waals surface area contributed by atoms with E-state index in [0.29, 0.717) is 10.3 Å². The number of aryl methyl sites for hydroxylation is 1. The molecule has 76 valence electrons. The monoisotopic (exact) mass is 197 g/mol. The predicted molar refractivity (Wildman–Crippen MR) is 51.1 cm³/mol. The second-order valence-corrected chi connectivity index (χ2v) is 3.18. The molecule has 1 heterocycles. The number of nitro groups is 1. The van der Waals surface area contributed by atoms with Crippen molar-refractivity contribution in [2.45, 2.75) is 6.92 Å². The van der Waals surface area contributed by atoms with Crippen LogP contribution in [0.3, 0.4) is 0 Å². The maximum atomic E-state index is 11.3. The minimum atomic E-state index is -0.498. The van der Waals surface area contributed by atoms with E-state index in [2.05, 4.69) is 0 Å². The van der Waals surface area contributed by atoms with Gasteiger partial charge in [-0.2, -0.15) is 0 Å². The normalized spacial score (nSPS) is 9.93. The summed E-state index contributed by atoms with van der Waals surface area (Å²) in [5.41, 5.74) is 0.316. The molecule has 0 saturated heterocycles. The highest BCUT2D eigenvalue weighted by atomic mass is 16.6. The molecule has 0 saturated carbocycles. The molecule has 0 aliphatic rings. The van der Waals surface area contributed by atoms with Crippen LogP contribution < -0.4 is 9.63 Å². The fourth-order valence-electron chi connectivity index (χ4n) is 1.13. The van der Waals surface area contributed by atoms with Gasteiger partial charge in [0.15, 0.2) is 0 Å². The number of rotatable bonds is 2. The summed E-state index contributed by atoms with van der Waals surface area (Å²) in [6, 6.07) is 1.27. The van der Waals surface area contributed by atoms with Gasteiger partial charge in [-0.15, -0.1) is 0 Å². The minimum Gasteiger partial charge on any atom is -0.711 e. The van der Waals surface area contributed by atoms with Gasteiger partial charge in [-0.3, -0.25) is 15.0 Å². The molecular formula is C8H11N3O3. The highest BCUT2D eigenvalue weighted by molar-refractivity contribution is 5.46. The second kappa shape index (κ2) is 3.49. The molecule has 0 aliphatic heterocycles. The Balaban J connectivity index is 3.34. The van der Waals surface area contributed by atoms with Gasteiger partial charge in [-0.05, 0) is 6.92 Å². The van der Waals surface area contributed by atoms with Gasteiger partial charge in [0.2, 0.25) is 0 Å².